The van der Waals surface area contributed by atoms with E-state index in [1.165, 1.54) is 11.4 Å². The van der Waals surface area contributed by atoms with Crippen molar-refractivity contribution < 1.29 is 17.9 Å². The molecule has 1 aromatic carbocycles. The highest BCUT2D eigenvalue weighted by Gasteiger charge is 2.31. The second-order valence-electron chi connectivity index (χ2n) is 6.19. The van der Waals surface area contributed by atoms with Gasteiger partial charge in [0.1, 0.15) is 10.6 Å². The Kier molecular flexibility index (Phi) is 4.80. The second kappa shape index (κ2) is 6.70. The molecule has 2 saturated heterocycles. The normalized spacial score (nSPS) is 20.6. The summed E-state index contributed by atoms with van der Waals surface area (Å²) in [5, 5.41) is 0. The van der Waals surface area contributed by atoms with Crippen molar-refractivity contribution in [2.75, 3.05) is 51.8 Å². The van der Waals surface area contributed by atoms with Gasteiger partial charge in [0.25, 0.3) is 0 Å². The molecule has 2 aliphatic heterocycles. The highest BCUT2D eigenvalue weighted by atomic mass is 32.2. The van der Waals surface area contributed by atoms with E-state index in [-0.39, 0.29) is 10.8 Å². The third kappa shape index (κ3) is 3.13. The van der Waals surface area contributed by atoms with Gasteiger partial charge in [-0.3, -0.25) is 4.79 Å². The van der Waals surface area contributed by atoms with Crippen LogP contribution in [0.15, 0.2) is 23.1 Å². The summed E-state index contributed by atoms with van der Waals surface area (Å²) in [6, 6.07) is 4.94. The van der Waals surface area contributed by atoms with Gasteiger partial charge in [-0.15, -0.1) is 0 Å². The average Bonchev–Trinajstić information content (AvgIpc) is 3.00. The lowest BCUT2D eigenvalue weighted by molar-refractivity contribution is -0.117. The molecule has 0 atom stereocenters. The van der Waals surface area contributed by atoms with Crippen LogP contribution in [0.3, 0.4) is 0 Å². The molecule has 2 aliphatic rings. The Bertz CT molecular complexity index is 727. The minimum Gasteiger partial charge on any atom is -0.495 e. The molecule has 1 amide bonds. The number of piperazine rings is 1. The number of carbonyl (C=O) groups excluding carboxylic acids is 1. The fourth-order valence-electron chi connectivity index (χ4n) is 3.12. The maximum Gasteiger partial charge on any atom is 0.246 e. The Balaban J connectivity index is 1.97. The molecule has 24 heavy (non-hydrogen) atoms. The van der Waals surface area contributed by atoms with E-state index in [1.807, 2.05) is 7.05 Å². The number of ether oxygens (including phenoxy) is 1. The predicted molar refractivity (Wildman–Crippen MR) is 90.8 cm³/mol. The molecular weight excluding hydrogens is 330 g/mol. The number of benzene rings is 1. The molecule has 2 heterocycles. The van der Waals surface area contributed by atoms with Crippen LogP contribution in [0.1, 0.15) is 12.8 Å². The van der Waals surface area contributed by atoms with E-state index in [0.29, 0.717) is 50.6 Å². The van der Waals surface area contributed by atoms with Crippen LogP contribution in [-0.4, -0.2) is 70.4 Å². The summed E-state index contributed by atoms with van der Waals surface area (Å²) in [4.78, 5) is 15.8. The minimum absolute atomic E-state index is 0.0307. The summed E-state index contributed by atoms with van der Waals surface area (Å²) in [6.07, 6.45) is 1.30. The number of rotatable bonds is 4. The van der Waals surface area contributed by atoms with Crippen molar-refractivity contribution in [3.63, 3.8) is 0 Å². The van der Waals surface area contributed by atoms with Crippen molar-refractivity contribution in [2.45, 2.75) is 17.7 Å². The van der Waals surface area contributed by atoms with Crippen LogP contribution in [0.2, 0.25) is 0 Å². The fourth-order valence-corrected chi connectivity index (χ4v) is 4.72. The fraction of sp³-hybridized carbons (Fsp3) is 0.562. The Morgan fingerprint density at radius 1 is 1.08 bits per heavy atom. The highest BCUT2D eigenvalue weighted by molar-refractivity contribution is 7.89. The first-order valence-corrected chi connectivity index (χ1v) is 9.54. The van der Waals surface area contributed by atoms with E-state index in [0.717, 1.165) is 6.42 Å². The summed E-state index contributed by atoms with van der Waals surface area (Å²) < 4.78 is 32.8. The van der Waals surface area contributed by atoms with Gasteiger partial charge in [-0.25, -0.2) is 8.42 Å². The molecule has 132 valence electrons. The molecule has 0 saturated carbocycles. The molecule has 7 nitrogen and oxygen atoms in total. The van der Waals surface area contributed by atoms with Crippen molar-refractivity contribution in [2.24, 2.45) is 0 Å². The first kappa shape index (κ1) is 17.2. The number of hydrogen-bond donors (Lipinski definition) is 0. The van der Waals surface area contributed by atoms with Gasteiger partial charge in [0.05, 0.1) is 7.11 Å². The third-order valence-electron chi connectivity index (χ3n) is 4.61. The van der Waals surface area contributed by atoms with E-state index in [2.05, 4.69) is 4.90 Å². The SMILES string of the molecule is COc1ccc(N2CCCC2=O)cc1S(=O)(=O)N1CCN(C)CC1. The quantitative estimate of drug-likeness (QED) is 0.799. The second-order valence-corrected chi connectivity index (χ2v) is 8.10. The van der Waals surface area contributed by atoms with Crippen LogP contribution in [0.4, 0.5) is 5.69 Å². The molecule has 0 unspecified atom stereocenters. The van der Waals surface area contributed by atoms with Crippen molar-refractivity contribution in [3.05, 3.63) is 18.2 Å². The molecule has 2 fully saturated rings. The van der Waals surface area contributed by atoms with Gasteiger partial charge in [-0.2, -0.15) is 4.31 Å². The number of methoxy groups -OCH3 is 1. The largest absolute Gasteiger partial charge is 0.495 e. The summed E-state index contributed by atoms with van der Waals surface area (Å²) in [5.41, 5.74) is 0.617. The summed E-state index contributed by atoms with van der Waals surface area (Å²) in [7, 11) is -0.220. The topological polar surface area (TPSA) is 70.2 Å². The van der Waals surface area contributed by atoms with Crippen LogP contribution < -0.4 is 9.64 Å². The van der Waals surface area contributed by atoms with Gasteiger partial charge in [-0.1, -0.05) is 0 Å². The van der Waals surface area contributed by atoms with Gasteiger partial charge in [-0.05, 0) is 31.7 Å². The van der Waals surface area contributed by atoms with Gasteiger partial charge < -0.3 is 14.5 Å². The van der Waals surface area contributed by atoms with Gasteiger partial charge in [0, 0.05) is 44.8 Å². The van der Waals surface area contributed by atoms with Crippen LogP contribution in [0.5, 0.6) is 5.75 Å². The molecule has 0 radical (unpaired) electrons. The Morgan fingerprint density at radius 2 is 1.79 bits per heavy atom. The minimum atomic E-state index is -3.65. The molecule has 0 aliphatic carbocycles. The number of likely N-dealkylation sites (N-methyl/N-ethyl adjacent to an activating group) is 1. The number of hydrogen-bond acceptors (Lipinski definition) is 5. The molecule has 0 aromatic heterocycles. The summed E-state index contributed by atoms with van der Waals surface area (Å²) in [5.74, 6) is 0.340. The Hall–Kier alpha value is -1.64. The molecule has 0 N–H and O–H groups in total. The monoisotopic (exact) mass is 353 g/mol. The van der Waals surface area contributed by atoms with Crippen molar-refractivity contribution in [3.8, 4) is 5.75 Å². The number of anilines is 1. The van der Waals surface area contributed by atoms with Crippen LogP contribution in [0, 0.1) is 0 Å². The maximum atomic E-state index is 13.0. The Labute approximate surface area is 142 Å². The maximum absolute atomic E-state index is 13.0. The average molecular weight is 353 g/mol. The number of amides is 1. The first-order valence-electron chi connectivity index (χ1n) is 8.10. The lowest BCUT2D eigenvalue weighted by Gasteiger charge is -2.32. The number of sulfonamides is 1. The van der Waals surface area contributed by atoms with Gasteiger partial charge in [0.15, 0.2) is 0 Å². The highest BCUT2D eigenvalue weighted by Crippen LogP contribution is 2.33. The lowest BCUT2D eigenvalue weighted by atomic mass is 10.3. The van der Waals surface area contributed by atoms with Crippen molar-refractivity contribution >= 4 is 21.6 Å². The van der Waals surface area contributed by atoms with E-state index < -0.39 is 10.0 Å². The zero-order valence-corrected chi connectivity index (χ0v) is 14.9. The van der Waals surface area contributed by atoms with Crippen molar-refractivity contribution in [1.82, 2.24) is 9.21 Å². The number of carbonyl (C=O) groups is 1. The predicted octanol–water partition coefficient (Wildman–Crippen LogP) is 0.758. The van der Waals surface area contributed by atoms with Crippen LogP contribution >= 0.6 is 0 Å². The van der Waals surface area contributed by atoms with Crippen LogP contribution in [-0.2, 0) is 14.8 Å². The first-order chi connectivity index (χ1) is 11.4. The zero-order chi connectivity index (χ0) is 17.3. The van der Waals surface area contributed by atoms with E-state index in [4.69, 9.17) is 4.74 Å². The number of nitrogens with zero attached hydrogens (tertiary/aromatic N) is 3. The summed E-state index contributed by atoms with van der Waals surface area (Å²) in [6.45, 7) is 2.93. The third-order valence-corrected chi connectivity index (χ3v) is 6.53. The smallest absolute Gasteiger partial charge is 0.246 e. The standard InChI is InChI=1S/C16H23N3O4S/c1-17-8-10-18(11-9-17)24(21,22)15-12-13(5-6-14(15)23-2)19-7-3-4-16(19)20/h5-6,12H,3-4,7-11H2,1-2H3. The van der Waals surface area contributed by atoms with E-state index >= 15 is 0 Å². The molecule has 0 spiro atoms. The molecule has 8 heteroatoms. The molecule has 1 aromatic rings. The zero-order valence-electron chi connectivity index (χ0n) is 14.1. The van der Waals surface area contributed by atoms with E-state index in [1.54, 1.807) is 23.1 Å². The molecular formula is C16H23N3O4S. The Morgan fingerprint density at radius 3 is 2.38 bits per heavy atom. The molecule has 0 bridgehead atoms. The van der Waals surface area contributed by atoms with Crippen LogP contribution in [0.25, 0.3) is 0 Å². The van der Waals surface area contributed by atoms with Gasteiger partial charge in [0.2, 0.25) is 15.9 Å². The van der Waals surface area contributed by atoms with Gasteiger partial charge >= 0.3 is 0 Å². The van der Waals surface area contributed by atoms with E-state index in [9.17, 15) is 13.2 Å². The van der Waals surface area contributed by atoms with Crippen molar-refractivity contribution in [1.29, 1.82) is 0 Å². The lowest BCUT2D eigenvalue weighted by Crippen LogP contribution is -2.47. The summed E-state index contributed by atoms with van der Waals surface area (Å²) >= 11 is 0. The molecule has 3 rings (SSSR count).